The summed E-state index contributed by atoms with van der Waals surface area (Å²) in [6, 6.07) is 6.07. The van der Waals surface area contributed by atoms with Gasteiger partial charge in [-0.3, -0.25) is 4.79 Å². The number of carbonyl (C=O) groups excluding carboxylic acids is 1. The van der Waals surface area contributed by atoms with Gasteiger partial charge >= 0.3 is 5.97 Å². The number of benzene rings is 1. The summed E-state index contributed by atoms with van der Waals surface area (Å²) in [5.41, 5.74) is 1.70. The van der Waals surface area contributed by atoms with E-state index in [0.29, 0.717) is 5.92 Å². The van der Waals surface area contributed by atoms with Gasteiger partial charge in [0.15, 0.2) is 0 Å². The van der Waals surface area contributed by atoms with E-state index in [1.54, 1.807) is 7.11 Å². The van der Waals surface area contributed by atoms with Crippen molar-refractivity contribution in [2.75, 3.05) is 14.2 Å². The Morgan fingerprint density at radius 3 is 2.56 bits per heavy atom. The molecular formula is C15H20O3. The average Bonchev–Trinajstić information content (AvgIpc) is 3.09. The first kappa shape index (κ1) is 12.9. The Balaban J connectivity index is 2.51. The van der Waals surface area contributed by atoms with E-state index in [4.69, 9.17) is 9.47 Å². The zero-order valence-corrected chi connectivity index (χ0v) is 11.4. The van der Waals surface area contributed by atoms with Crippen LogP contribution in [-0.4, -0.2) is 20.2 Å². The average molecular weight is 248 g/mol. The first-order valence-electron chi connectivity index (χ1n) is 6.36. The number of methoxy groups -OCH3 is 2. The molecule has 2 rings (SSSR count). The van der Waals surface area contributed by atoms with Crippen molar-refractivity contribution in [2.45, 2.75) is 32.1 Å². The van der Waals surface area contributed by atoms with Crippen LogP contribution in [0.4, 0.5) is 0 Å². The second kappa shape index (κ2) is 4.63. The maximum Gasteiger partial charge on any atom is 0.316 e. The van der Waals surface area contributed by atoms with Crippen LogP contribution in [0.3, 0.4) is 0 Å². The molecule has 0 saturated heterocycles. The van der Waals surface area contributed by atoms with Crippen LogP contribution >= 0.6 is 0 Å². The van der Waals surface area contributed by atoms with E-state index in [1.807, 2.05) is 12.1 Å². The number of hydrogen-bond donors (Lipinski definition) is 0. The van der Waals surface area contributed by atoms with Crippen LogP contribution in [0.5, 0.6) is 5.75 Å². The van der Waals surface area contributed by atoms with Crippen molar-refractivity contribution in [1.82, 2.24) is 0 Å². The van der Waals surface area contributed by atoms with Crippen LogP contribution in [0.15, 0.2) is 18.2 Å². The Hall–Kier alpha value is -1.51. The minimum atomic E-state index is -0.495. The molecule has 1 aromatic carbocycles. The van der Waals surface area contributed by atoms with Gasteiger partial charge in [-0.1, -0.05) is 26.0 Å². The van der Waals surface area contributed by atoms with Gasteiger partial charge in [0.05, 0.1) is 19.6 Å². The van der Waals surface area contributed by atoms with Crippen LogP contribution < -0.4 is 4.74 Å². The van der Waals surface area contributed by atoms with Gasteiger partial charge in [0, 0.05) is 5.56 Å². The van der Waals surface area contributed by atoms with E-state index in [1.165, 1.54) is 12.7 Å². The Morgan fingerprint density at radius 2 is 2.11 bits per heavy atom. The lowest BCUT2D eigenvalue weighted by molar-refractivity contribution is -0.144. The van der Waals surface area contributed by atoms with E-state index < -0.39 is 5.41 Å². The lowest BCUT2D eigenvalue weighted by Gasteiger charge is -2.18. The number of carbonyl (C=O) groups is 1. The SMILES string of the molecule is CCc1ccc(OC)c(C2(C(=O)OC)CC2C)c1. The summed E-state index contributed by atoms with van der Waals surface area (Å²) < 4.78 is 10.4. The van der Waals surface area contributed by atoms with Gasteiger partial charge in [-0.25, -0.2) is 0 Å². The van der Waals surface area contributed by atoms with Crippen molar-refractivity contribution in [3.63, 3.8) is 0 Å². The predicted molar refractivity (Wildman–Crippen MR) is 69.8 cm³/mol. The lowest BCUT2D eigenvalue weighted by Crippen LogP contribution is -2.25. The first-order valence-corrected chi connectivity index (χ1v) is 6.36. The van der Waals surface area contributed by atoms with Gasteiger partial charge in [0.2, 0.25) is 0 Å². The molecule has 0 aliphatic heterocycles. The molecule has 3 nitrogen and oxygen atoms in total. The summed E-state index contributed by atoms with van der Waals surface area (Å²) in [5.74, 6) is 0.939. The van der Waals surface area contributed by atoms with Crippen molar-refractivity contribution >= 4 is 5.97 Å². The van der Waals surface area contributed by atoms with Gasteiger partial charge < -0.3 is 9.47 Å². The quantitative estimate of drug-likeness (QED) is 0.768. The molecule has 2 atom stereocenters. The van der Waals surface area contributed by atoms with E-state index in [-0.39, 0.29) is 5.97 Å². The molecule has 1 aromatic rings. The molecule has 0 amide bonds. The van der Waals surface area contributed by atoms with E-state index in [0.717, 1.165) is 24.2 Å². The molecule has 0 heterocycles. The molecule has 1 fully saturated rings. The Bertz CT molecular complexity index is 467. The highest BCUT2D eigenvalue weighted by atomic mass is 16.5. The molecule has 98 valence electrons. The molecule has 2 unspecified atom stereocenters. The monoisotopic (exact) mass is 248 g/mol. The summed E-state index contributed by atoms with van der Waals surface area (Å²) >= 11 is 0. The highest BCUT2D eigenvalue weighted by Gasteiger charge is 2.60. The Labute approximate surface area is 108 Å². The number of ether oxygens (including phenoxy) is 2. The molecule has 1 saturated carbocycles. The summed E-state index contributed by atoms with van der Waals surface area (Å²) in [6.45, 7) is 4.18. The third-order valence-corrected chi connectivity index (χ3v) is 4.01. The highest BCUT2D eigenvalue weighted by molar-refractivity contribution is 5.88. The van der Waals surface area contributed by atoms with Crippen LogP contribution in [0.1, 0.15) is 31.4 Å². The highest BCUT2D eigenvalue weighted by Crippen LogP contribution is 2.57. The molecule has 1 aliphatic carbocycles. The summed E-state index contributed by atoms with van der Waals surface area (Å²) in [7, 11) is 3.09. The van der Waals surface area contributed by atoms with Gasteiger partial charge in [-0.15, -0.1) is 0 Å². The second-order valence-corrected chi connectivity index (χ2v) is 4.96. The normalized spacial score (nSPS) is 25.7. The van der Waals surface area contributed by atoms with Gasteiger partial charge in [0.1, 0.15) is 5.75 Å². The molecular weight excluding hydrogens is 228 g/mol. The molecule has 18 heavy (non-hydrogen) atoms. The largest absolute Gasteiger partial charge is 0.496 e. The van der Waals surface area contributed by atoms with Gasteiger partial charge in [0.25, 0.3) is 0 Å². The smallest absolute Gasteiger partial charge is 0.316 e. The lowest BCUT2D eigenvalue weighted by atomic mass is 9.90. The van der Waals surface area contributed by atoms with E-state index in [2.05, 4.69) is 19.9 Å². The molecule has 0 radical (unpaired) electrons. The minimum Gasteiger partial charge on any atom is -0.496 e. The van der Waals surface area contributed by atoms with Crippen LogP contribution in [0, 0.1) is 5.92 Å². The van der Waals surface area contributed by atoms with Crippen LogP contribution in [0.25, 0.3) is 0 Å². The second-order valence-electron chi connectivity index (χ2n) is 4.96. The fraction of sp³-hybridized carbons (Fsp3) is 0.533. The van der Waals surface area contributed by atoms with Crippen LogP contribution in [-0.2, 0) is 21.4 Å². The molecule has 1 aliphatic rings. The summed E-state index contributed by atoms with van der Waals surface area (Å²) in [5, 5.41) is 0. The molecule has 3 heteroatoms. The van der Waals surface area contributed by atoms with Gasteiger partial charge in [-0.05, 0) is 30.4 Å². The summed E-state index contributed by atoms with van der Waals surface area (Å²) in [4.78, 5) is 12.1. The Morgan fingerprint density at radius 1 is 1.44 bits per heavy atom. The van der Waals surface area contributed by atoms with Crippen LogP contribution in [0.2, 0.25) is 0 Å². The van der Waals surface area contributed by atoms with Crippen molar-refractivity contribution in [3.05, 3.63) is 29.3 Å². The van der Waals surface area contributed by atoms with Crippen molar-refractivity contribution in [2.24, 2.45) is 5.92 Å². The van der Waals surface area contributed by atoms with Crippen molar-refractivity contribution < 1.29 is 14.3 Å². The topological polar surface area (TPSA) is 35.5 Å². The third kappa shape index (κ3) is 1.78. The van der Waals surface area contributed by atoms with E-state index >= 15 is 0 Å². The Kier molecular flexibility index (Phi) is 3.33. The number of esters is 1. The minimum absolute atomic E-state index is 0.151. The van der Waals surface area contributed by atoms with Gasteiger partial charge in [-0.2, -0.15) is 0 Å². The maximum absolute atomic E-state index is 12.1. The number of hydrogen-bond acceptors (Lipinski definition) is 3. The number of aryl methyl sites for hydroxylation is 1. The van der Waals surface area contributed by atoms with Crippen molar-refractivity contribution in [1.29, 1.82) is 0 Å². The molecule has 0 bridgehead atoms. The zero-order chi connectivity index (χ0) is 13.3. The third-order valence-electron chi connectivity index (χ3n) is 4.01. The van der Waals surface area contributed by atoms with E-state index in [9.17, 15) is 4.79 Å². The molecule has 0 N–H and O–H groups in total. The zero-order valence-electron chi connectivity index (χ0n) is 11.4. The van der Waals surface area contributed by atoms with Crippen molar-refractivity contribution in [3.8, 4) is 5.75 Å². The predicted octanol–water partition coefficient (Wildman–Crippen LogP) is 2.71. The maximum atomic E-state index is 12.1. The standard InChI is InChI=1S/C15H20O3/c1-5-11-6-7-13(17-3)12(8-11)15(9-10(15)2)14(16)18-4/h6-8,10H,5,9H2,1-4H3. The summed E-state index contributed by atoms with van der Waals surface area (Å²) in [6.07, 6.45) is 1.78. The first-order chi connectivity index (χ1) is 8.59. The number of rotatable bonds is 4. The fourth-order valence-electron chi connectivity index (χ4n) is 2.70. The molecule has 0 spiro atoms. The molecule has 0 aromatic heterocycles. The fourth-order valence-corrected chi connectivity index (χ4v) is 2.70.